The first-order chi connectivity index (χ1) is 11.7. The van der Waals surface area contributed by atoms with Crippen molar-refractivity contribution in [3.8, 4) is 0 Å². The van der Waals surface area contributed by atoms with Gasteiger partial charge in [0, 0.05) is 31.7 Å². The van der Waals surface area contributed by atoms with Crippen LogP contribution in [-0.4, -0.2) is 42.2 Å². The summed E-state index contributed by atoms with van der Waals surface area (Å²) in [4.78, 5) is 7.39. The molecule has 2 heterocycles. The summed E-state index contributed by atoms with van der Waals surface area (Å²) in [6, 6.07) is 0. The second-order valence-corrected chi connectivity index (χ2v) is 7.35. The van der Waals surface area contributed by atoms with Gasteiger partial charge in [0.25, 0.3) is 0 Å². The number of aryl methyl sites for hydroxylation is 2. The van der Waals surface area contributed by atoms with Crippen molar-refractivity contribution in [3.05, 3.63) is 17.0 Å². The predicted molar refractivity (Wildman–Crippen MR) is 113 cm³/mol. The van der Waals surface area contributed by atoms with Crippen LogP contribution in [0.3, 0.4) is 0 Å². The van der Waals surface area contributed by atoms with Crippen LogP contribution in [0.5, 0.6) is 0 Å². The van der Waals surface area contributed by atoms with E-state index in [1.54, 1.807) is 0 Å². The summed E-state index contributed by atoms with van der Waals surface area (Å²) in [6.45, 7) is 10.4. The van der Waals surface area contributed by atoms with E-state index >= 15 is 0 Å². The molecule has 0 amide bonds. The number of rotatable bonds is 5. The molecule has 3 rings (SSSR count). The highest BCUT2D eigenvalue weighted by Crippen LogP contribution is 2.35. The Kier molecular flexibility index (Phi) is 8.03. The zero-order valence-electron chi connectivity index (χ0n) is 15.9. The van der Waals surface area contributed by atoms with E-state index in [1.807, 2.05) is 13.8 Å². The van der Waals surface area contributed by atoms with Crippen molar-refractivity contribution in [2.24, 2.45) is 16.8 Å². The van der Waals surface area contributed by atoms with Gasteiger partial charge in [0.2, 0.25) is 0 Å². The summed E-state index contributed by atoms with van der Waals surface area (Å²) in [6.07, 6.45) is 7.69. The lowest BCUT2D eigenvalue weighted by atomic mass is 9.82. The third-order valence-corrected chi connectivity index (χ3v) is 5.64. The van der Waals surface area contributed by atoms with Crippen LogP contribution in [0, 0.1) is 25.7 Å². The Labute approximate surface area is 169 Å². The molecule has 0 spiro atoms. The number of aromatic nitrogens is 1. The smallest absolute Gasteiger partial charge is 0.193 e. The molecule has 25 heavy (non-hydrogen) atoms. The molecular weight excluding hydrogens is 427 g/mol. The first kappa shape index (κ1) is 20.5. The number of fused-ring (bicyclic) bond motifs is 1. The second kappa shape index (κ2) is 9.78. The number of aliphatic imine (C=N–C) groups is 1. The molecule has 2 unspecified atom stereocenters. The second-order valence-electron chi connectivity index (χ2n) is 7.35. The average molecular weight is 460 g/mol. The number of halogens is 1. The monoisotopic (exact) mass is 460 g/mol. The fraction of sp³-hybridized carbons (Fsp3) is 0.789. The largest absolute Gasteiger partial charge is 0.361 e. The van der Waals surface area contributed by atoms with Crippen LogP contribution < -0.4 is 5.32 Å². The molecule has 1 aromatic rings. The Morgan fingerprint density at radius 3 is 2.48 bits per heavy atom. The fourth-order valence-electron chi connectivity index (χ4n) is 4.30. The highest BCUT2D eigenvalue weighted by atomic mass is 127. The molecule has 1 aromatic heterocycles. The van der Waals surface area contributed by atoms with Gasteiger partial charge >= 0.3 is 0 Å². The number of hydrogen-bond donors (Lipinski definition) is 1. The molecule has 1 aliphatic heterocycles. The van der Waals surface area contributed by atoms with Crippen LogP contribution in [0.15, 0.2) is 9.52 Å². The molecule has 0 radical (unpaired) electrons. The maximum Gasteiger partial charge on any atom is 0.193 e. The van der Waals surface area contributed by atoms with Gasteiger partial charge in [-0.3, -0.25) is 4.99 Å². The zero-order valence-corrected chi connectivity index (χ0v) is 18.2. The van der Waals surface area contributed by atoms with Crippen molar-refractivity contribution in [2.75, 3.05) is 26.2 Å². The van der Waals surface area contributed by atoms with E-state index < -0.39 is 0 Å². The van der Waals surface area contributed by atoms with Gasteiger partial charge in [0.15, 0.2) is 5.96 Å². The lowest BCUT2D eigenvalue weighted by Gasteiger charge is -2.22. The highest BCUT2D eigenvalue weighted by molar-refractivity contribution is 14.0. The Balaban J connectivity index is 0.00000225. The molecule has 0 bridgehead atoms. The molecule has 0 aromatic carbocycles. The number of nitrogens with one attached hydrogen (secondary N) is 1. The molecular formula is C19H33IN4O. The lowest BCUT2D eigenvalue weighted by Crippen LogP contribution is -2.40. The van der Waals surface area contributed by atoms with E-state index in [1.165, 1.54) is 44.3 Å². The molecule has 5 nitrogen and oxygen atoms in total. The third-order valence-electron chi connectivity index (χ3n) is 5.64. The van der Waals surface area contributed by atoms with Gasteiger partial charge in [-0.05, 0) is 58.3 Å². The molecule has 1 saturated carbocycles. The van der Waals surface area contributed by atoms with E-state index in [0.29, 0.717) is 0 Å². The minimum atomic E-state index is 0. The van der Waals surface area contributed by atoms with E-state index in [4.69, 9.17) is 9.52 Å². The maximum atomic E-state index is 5.24. The van der Waals surface area contributed by atoms with Crippen molar-refractivity contribution in [1.82, 2.24) is 15.4 Å². The zero-order chi connectivity index (χ0) is 16.9. The topological polar surface area (TPSA) is 53.7 Å². The normalized spacial score (nSPS) is 23.3. The summed E-state index contributed by atoms with van der Waals surface area (Å²) in [5.41, 5.74) is 2.27. The Hall–Kier alpha value is -0.790. The molecule has 2 fully saturated rings. The van der Waals surface area contributed by atoms with Crippen LogP contribution in [-0.2, 0) is 6.42 Å². The summed E-state index contributed by atoms with van der Waals surface area (Å²) in [7, 11) is 0. The SMILES string of the molecule is CCNC(=NCCCc1c(C)noc1C)N1CC2CCCCC2C1.I. The number of hydrogen-bond acceptors (Lipinski definition) is 3. The Morgan fingerprint density at radius 2 is 1.92 bits per heavy atom. The molecule has 6 heteroatoms. The quantitative estimate of drug-likeness (QED) is 0.313. The van der Waals surface area contributed by atoms with Gasteiger partial charge < -0.3 is 14.7 Å². The van der Waals surface area contributed by atoms with Gasteiger partial charge in [-0.15, -0.1) is 24.0 Å². The average Bonchev–Trinajstić information content (AvgIpc) is 3.15. The molecule has 142 valence electrons. The first-order valence-electron chi connectivity index (χ1n) is 9.64. The van der Waals surface area contributed by atoms with Crippen LogP contribution in [0.25, 0.3) is 0 Å². The summed E-state index contributed by atoms with van der Waals surface area (Å²) >= 11 is 0. The predicted octanol–water partition coefficient (Wildman–Crippen LogP) is 3.93. The molecule has 1 saturated heterocycles. The van der Waals surface area contributed by atoms with Gasteiger partial charge in [-0.25, -0.2) is 0 Å². The lowest BCUT2D eigenvalue weighted by molar-refractivity contribution is 0.299. The summed E-state index contributed by atoms with van der Waals surface area (Å²) in [5.74, 6) is 3.85. The molecule has 2 atom stereocenters. The molecule has 1 N–H and O–H groups in total. The number of nitrogens with zero attached hydrogens (tertiary/aromatic N) is 3. The van der Waals surface area contributed by atoms with Gasteiger partial charge in [0.05, 0.1) is 5.69 Å². The van der Waals surface area contributed by atoms with Crippen molar-refractivity contribution in [3.63, 3.8) is 0 Å². The third kappa shape index (κ3) is 5.11. The number of likely N-dealkylation sites (tertiary alicyclic amines) is 1. The standard InChI is InChI=1S/C19H32N4O.HI/c1-4-20-19(23-12-16-8-5-6-9-17(16)13-23)21-11-7-10-18-14(2)22-24-15(18)3;/h16-17H,4-13H2,1-3H3,(H,20,21);1H. The molecule has 2 aliphatic rings. The van der Waals surface area contributed by atoms with Gasteiger partial charge in [0.1, 0.15) is 5.76 Å². The van der Waals surface area contributed by atoms with Gasteiger partial charge in [-0.2, -0.15) is 0 Å². The van der Waals surface area contributed by atoms with E-state index in [0.717, 1.165) is 55.2 Å². The summed E-state index contributed by atoms with van der Waals surface area (Å²) in [5, 5.41) is 7.53. The van der Waals surface area contributed by atoms with Gasteiger partial charge in [-0.1, -0.05) is 18.0 Å². The number of guanidine groups is 1. The highest BCUT2D eigenvalue weighted by Gasteiger charge is 2.35. The van der Waals surface area contributed by atoms with E-state index in [2.05, 4.69) is 22.3 Å². The van der Waals surface area contributed by atoms with Crippen LogP contribution in [0.4, 0.5) is 0 Å². The van der Waals surface area contributed by atoms with Crippen molar-refractivity contribution in [2.45, 2.75) is 59.3 Å². The van der Waals surface area contributed by atoms with Crippen molar-refractivity contribution < 1.29 is 4.52 Å². The van der Waals surface area contributed by atoms with Crippen LogP contribution >= 0.6 is 24.0 Å². The maximum absolute atomic E-state index is 5.24. The summed E-state index contributed by atoms with van der Waals surface area (Å²) < 4.78 is 5.24. The van der Waals surface area contributed by atoms with Crippen molar-refractivity contribution >= 4 is 29.9 Å². The first-order valence-corrected chi connectivity index (χ1v) is 9.64. The fourth-order valence-corrected chi connectivity index (χ4v) is 4.30. The van der Waals surface area contributed by atoms with E-state index in [9.17, 15) is 0 Å². The minimum absolute atomic E-state index is 0. The molecule has 1 aliphatic carbocycles. The Bertz CT molecular complexity index is 538. The minimum Gasteiger partial charge on any atom is -0.361 e. The van der Waals surface area contributed by atoms with E-state index in [-0.39, 0.29) is 24.0 Å². The Morgan fingerprint density at radius 1 is 1.24 bits per heavy atom. The van der Waals surface area contributed by atoms with Crippen LogP contribution in [0.2, 0.25) is 0 Å². The van der Waals surface area contributed by atoms with Crippen molar-refractivity contribution in [1.29, 1.82) is 0 Å². The van der Waals surface area contributed by atoms with Crippen LogP contribution in [0.1, 0.15) is 56.0 Å².